The molecule has 1 aliphatic heterocycles. The van der Waals surface area contributed by atoms with Crippen LogP contribution in [0.1, 0.15) is 19.8 Å². The standard InChI is InChI=1S/C11H20N2O5S/c1-8(11(15)16)12(2)10(14)9-5-4-6-13(7-9)19(3,17)18/h8-9H,4-7H2,1-3H3,(H,15,16)/t8-,9+/m1/s1. The molecule has 0 saturated carbocycles. The number of carbonyl (C=O) groups excluding carboxylic acids is 1. The molecule has 1 amide bonds. The predicted molar refractivity (Wildman–Crippen MR) is 69.0 cm³/mol. The number of sulfonamides is 1. The molecule has 1 fully saturated rings. The zero-order valence-corrected chi connectivity index (χ0v) is 12.2. The largest absolute Gasteiger partial charge is 0.480 e. The first-order valence-electron chi connectivity index (χ1n) is 6.09. The first-order chi connectivity index (χ1) is 8.64. The van der Waals surface area contributed by atoms with Crippen LogP contribution in [0.25, 0.3) is 0 Å². The Bertz CT molecular complexity index is 462. The Morgan fingerprint density at radius 3 is 2.47 bits per heavy atom. The van der Waals surface area contributed by atoms with E-state index in [4.69, 9.17) is 5.11 Å². The summed E-state index contributed by atoms with van der Waals surface area (Å²) in [5.41, 5.74) is 0. The van der Waals surface area contributed by atoms with Crippen molar-refractivity contribution in [1.29, 1.82) is 0 Å². The van der Waals surface area contributed by atoms with Crippen LogP contribution in [0.4, 0.5) is 0 Å². The second-order valence-electron chi connectivity index (χ2n) is 4.92. The van der Waals surface area contributed by atoms with Crippen LogP contribution in [0.5, 0.6) is 0 Å². The number of carboxylic acid groups (broad SMARTS) is 1. The molecule has 1 aliphatic rings. The van der Waals surface area contributed by atoms with Crippen molar-refractivity contribution in [1.82, 2.24) is 9.21 Å². The third-order valence-corrected chi connectivity index (χ3v) is 4.76. The molecule has 8 heteroatoms. The minimum atomic E-state index is -3.31. The Labute approximate surface area is 113 Å². The van der Waals surface area contributed by atoms with Crippen molar-refractivity contribution in [2.45, 2.75) is 25.8 Å². The van der Waals surface area contributed by atoms with Crippen molar-refractivity contribution >= 4 is 21.9 Å². The van der Waals surface area contributed by atoms with Gasteiger partial charge in [0.25, 0.3) is 0 Å². The number of piperidine rings is 1. The number of likely N-dealkylation sites (N-methyl/N-ethyl adjacent to an activating group) is 1. The monoisotopic (exact) mass is 292 g/mol. The number of aliphatic carboxylic acids is 1. The Morgan fingerprint density at radius 2 is 2.00 bits per heavy atom. The molecule has 0 bridgehead atoms. The van der Waals surface area contributed by atoms with Crippen molar-refractivity contribution in [3.8, 4) is 0 Å². The molecule has 0 radical (unpaired) electrons. The molecule has 0 aromatic rings. The molecule has 19 heavy (non-hydrogen) atoms. The van der Waals surface area contributed by atoms with Crippen LogP contribution in [0.15, 0.2) is 0 Å². The van der Waals surface area contributed by atoms with Crippen LogP contribution in [0.3, 0.4) is 0 Å². The molecule has 0 spiro atoms. The van der Waals surface area contributed by atoms with Gasteiger partial charge in [-0.15, -0.1) is 0 Å². The van der Waals surface area contributed by atoms with Gasteiger partial charge in [-0.25, -0.2) is 17.5 Å². The van der Waals surface area contributed by atoms with Gasteiger partial charge in [-0.1, -0.05) is 0 Å². The number of carboxylic acids is 1. The minimum Gasteiger partial charge on any atom is -0.480 e. The Balaban J connectivity index is 2.75. The summed E-state index contributed by atoms with van der Waals surface area (Å²) < 4.78 is 24.2. The van der Waals surface area contributed by atoms with Gasteiger partial charge in [0.2, 0.25) is 15.9 Å². The number of rotatable bonds is 4. The number of hydrogen-bond donors (Lipinski definition) is 1. The average molecular weight is 292 g/mol. The predicted octanol–water partition coefficient (Wildman–Crippen LogP) is -0.410. The number of nitrogens with zero attached hydrogens (tertiary/aromatic N) is 2. The summed E-state index contributed by atoms with van der Waals surface area (Å²) in [5.74, 6) is -1.86. The Hall–Kier alpha value is -1.15. The molecule has 1 rings (SSSR count). The number of carbonyl (C=O) groups is 2. The van der Waals surface area contributed by atoms with Crippen LogP contribution in [0, 0.1) is 5.92 Å². The Kier molecular flexibility index (Phi) is 4.92. The van der Waals surface area contributed by atoms with Crippen LogP contribution in [-0.2, 0) is 19.6 Å². The smallest absolute Gasteiger partial charge is 0.326 e. The third kappa shape index (κ3) is 3.90. The highest BCUT2D eigenvalue weighted by Gasteiger charge is 2.33. The lowest BCUT2D eigenvalue weighted by molar-refractivity contribution is -0.150. The van der Waals surface area contributed by atoms with Crippen molar-refractivity contribution < 1.29 is 23.1 Å². The number of hydrogen-bond acceptors (Lipinski definition) is 4. The van der Waals surface area contributed by atoms with E-state index in [1.54, 1.807) is 0 Å². The maximum absolute atomic E-state index is 12.2. The van der Waals surface area contributed by atoms with E-state index >= 15 is 0 Å². The van der Waals surface area contributed by atoms with E-state index in [1.807, 2.05) is 0 Å². The molecule has 0 aliphatic carbocycles. The second kappa shape index (κ2) is 5.87. The first-order valence-corrected chi connectivity index (χ1v) is 7.94. The van der Waals surface area contributed by atoms with Crippen molar-refractivity contribution in [2.24, 2.45) is 5.92 Å². The van der Waals surface area contributed by atoms with Gasteiger partial charge in [-0.3, -0.25) is 4.79 Å². The lowest BCUT2D eigenvalue weighted by Gasteiger charge is -2.33. The average Bonchev–Trinajstić information content (AvgIpc) is 2.35. The highest BCUT2D eigenvalue weighted by atomic mass is 32.2. The molecule has 7 nitrogen and oxygen atoms in total. The maximum atomic E-state index is 12.2. The summed E-state index contributed by atoms with van der Waals surface area (Å²) in [4.78, 5) is 24.2. The van der Waals surface area contributed by atoms with Gasteiger partial charge in [-0.2, -0.15) is 0 Å². The SMILES string of the molecule is C[C@H](C(=O)O)N(C)C(=O)[C@H]1CCCN(S(C)(=O)=O)C1. The fraction of sp³-hybridized carbons (Fsp3) is 0.818. The van der Waals surface area contributed by atoms with Gasteiger partial charge >= 0.3 is 5.97 Å². The topological polar surface area (TPSA) is 95.0 Å². The van der Waals surface area contributed by atoms with Crippen LogP contribution in [-0.4, -0.2) is 67.0 Å². The van der Waals surface area contributed by atoms with Crippen molar-refractivity contribution in [3.05, 3.63) is 0 Å². The van der Waals surface area contributed by atoms with Gasteiger partial charge in [-0.05, 0) is 19.8 Å². The molecular formula is C11H20N2O5S. The quantitative estimate of drug-likeness (QED) is 0.760. The van der Waals surface area contributed by atoms with Crippen LogP contribution >= 0.6 is 0 Å². The van der Waals surface area contributed by atoms with E-state index < -0.39 is 28.0 Å². The number of amides is 1. The molecule has 0 aromatic heterocycles. The summed E-state index contributed by atoms with van der Waals surface area (Å²) in [6.45, 7) is 1.98. The second-order valence-corrected chi connectivity index (χ2v) is 6.91. The molecule has 0 unspecified atom stereocenters. The molecular weight excluding hydrogens is 272 g/mol. The first kappa shape index (κ1) is 15.9. The zero-order valence-electron chi connectivity index (χ0n) is 11.4. The van der Waals surface area contributed by atoms with E-state index in [0.29, 0.717) is 19.4 Å². The minimum absolute atomic E-state index is 0.133. The van der Waals surface area contributed by atoms with Gasteiger partial charge in [0, 0.05) is 20.1 Å². The van der Waals surface area contributed by atoms with Crippen LogP contribution in [0.2, 0.25) is 0 Å². The Morgan fingerprint density at radius 1 is 1.42 bits per heavy atom. The van der Waals surface area contributed by atoms with E-state index in [0.717, 1.165) is 6.26 Å². The molecule has 1 N–H and O–H groups in total. The highest BCUT2D eigenvalue weighted by Crippen LogP contribution is 2.21. The van der Waals surface area contributed by atoms with E-state index in [2.05, 4.69) is 0 Å². The van der Waals surface area contributed by atoms with E-state index in [1.165, 1.54) is 23.2 Å². The normalized spacial score (nSPS) is 22.8. The third-order valence-electron chi connectivity index (χ3n) is 3.49. The summed E-state index contributed by atoms with van der Waals surface area (Å²) in [5, 5.41) is 8.88. The summed E-state index contributed by atoms with van der Waals surface area (Å²) in [6.07, 6.45) is 2.31. The summed E-state index contributed by atoms with van der Waals surface area (Å²) >= 11 is 0. The highest BCUT2D eigenvalue weighted by molar-refractivity contribution is 7.88. The van der Waals surface area contributed by atoms with Crippen molar-refractivity contribution in [2.75, 3.05) is 26.4 Å². The summed E-state index contributed by atoms with van der Waals surface area (Å²) in [6, 6.07) is -0.916. The lowest BCUT2D eigenvalue weighted by atomic mass is 9.97. The fourth-order valence-corrected chi connectivity index (χ4v) is 3.00. The molecule has 110 valence electrons. The molecule has 1 heterocycles. The lowest BCUT2D eigenvalue weighted by Crippen LogP contribution is -2.49. The zero-order chi connectivity index (χ0) is 14.8. The molecule has 2 atom stereocenters. The van der Waals surface area contributed by atoms with Gasteiger partial charge in [0.05, 0.1) is 12.2 Å². The maximum Gasteiger partial charge on any atom is 0.326 e. The van der Waals surface area contributed by atoms with E-state index in [9.17, 15) is 18.0 Å². The van der Waals surface area contributed by atoms with Crippen LogP contribution < -0.4 is 0 Å². The van der Waals surface area contributed by atoms with Gasteiger partial charge in [0.1, 0.15) is 6.04 Å². The van der Waals surface area contributed by atoms with Gasteiger partial charge < -0.3 is 10.0 Å². The fourth-order valence-electron chi connectivity index (χ4n) is 2.09. The van der Waals surface area contributed by atoms with E-state index in [-0.39, 0.29) is 12.5 Å². The van der Waals surface area contributed by atoms with Crippen molar-refractivity contribution in [3.63, 3.8) is 0 Å². The molecule has 1 saturated heterocycles. The molecule has 0 aromatic carbocycles. The summed E-state index contributed by atoms with van der Waals surface area (Å²) in [7, 11) is -1.88. The van der Waals surface area contributed by atoms with Gasteiger partial charge in [0.15, 0.2) is 0 Å².